The van der Waals surface area contributed by atoms with Crippen molar-refractivity contribution in [2.24, 2.45) is 0 Å². The summed E-state index contributed by atoms with van der Waals surface area (Å²) in [6.45, 7) is 2.74. The molecule has 2 aromatic rings. The van der Waals surface area contributed by atoms with E-state index in [2.05, 4.69) is 17.1 Å². The van der Waals surface area contributed by atoms with Gasteiger partial charge in [-0.3, -0.25) is 4.79 Å². The number of aryl methyl sites for hydroxylation is 2. The Morgan fingerprint density at radius 3 is 3.15 bits per heavy atom. The number of hydrogen-bond acceptors (Lipinski definition) is 4. The van der Waals surface area contributed by atoms with E-state index >= 15 is 0 Å². The number of hydrogen-bond donors (Lipinski definition) is 0. The normalized spacial score (nSPS) is 13.1. The number of thiazole rings is 1. The average molecular weight is 287 g/mol. The molecule has 0 amide bonds. The monoisotopic (exact) mass is 287 g/mol. The molecule has 4 heteroatoms. The number of carbonyl (C=O) groups is 1. The van der Waals surface area contributed by atoms with Crippen molar-refractivity contribution in [3.05, 3.63) is 45.4 Å². The number of ketones is 1. The van der Waals surface area contributed by atoms with Crippen LogP contribution in [0.25, 0.3) is 0 Å². The van der Waals surface area contributed by atoms with Crippen molar-refractivity contribution in [1.29, 1.82) is 0 Å². The summed E-state index contributed by atoms with van der Waals surface area (Å²) in [7, 11) is 0. The van der Waals surface area contributed by atoms with Gasteiger partial charge in [-0.1, -0.05) is 12.1 Å². The summed E-state index contributed by atoms with van der Waals surface area (Å²) in [6, 6.07) is 6.25. The first kappa shape index (κ1) is 13.3. The van der Waals surface area contributed by atoms with Crippen LogP contribution in [0.3, 0.4) is 0 Å². The summed E-state index contributed by atoms with van der Waals surface area (Å²) in [5, 5.41) is 2.99. The van der Waals surface area contributed by atoms with Crippen molar-refractivity contribution < 1.29 is 9.53 Å². The highest BCUT2D eigenvalue weighted by Crippen LogP contribution is 2.26. The first-order valence-corrected chi connectivity index (χ1v) is 7.76. The number of carbonyl (C=O) groups excluding carboxylic acids is 1. The number of rotatable bonds is 5. The van der Waals surface area contributed by atoms with E-state index in [1.54, 1.807) is 11.3 Å². The number of fused-ring (bicyclic) bond motifs is 1. The number of aromatic nitrogens is 1. The highest BCUT2D eigenvalue weighted by molar-refractivity contribution is 7.09. The Morgan fingerprint density at radius 2 is 2.35 bits per heavy atom. The van der Waals surface area contributed by atoms with Gasteiger partial charge in [-0.15, -0.1) is 11.3 Å². The van der Waals surface area contributed by atoms with Crippen LogP contribution in [-0.4, -0.2) is 17.4 Å². The van der Waals surface area contributed by atoms with Crippen molar-refractivity contribution in [2.75, 3.05) is 6.61 Å². The standard InChI is InChI=1S/C16H17NO2S/c1-11-17-14(10-20-11)9-15(18)4-2-12-3-5-16-13(8-12)6-7-19-16/h3,5,8,10H,2,4,6-7,9H2,1H3. The zero-order valence-electron chi connectivity index (χ0n) is 11.5. The fourth-order valence-electron chi connectivity index (χ4n) is 2.46. The van der Waals surface area contributed by atoms with Gasteiger partial charge in [-0.05, 0) is 30.5 Å². The molecule has 0 bridgehead atoms. The second kappa shape index (κ2) is 5.75. The van der Waals surface area contributed by atoms with Crippen LogP contribution in [0.5, 0.6) is 5.75 Å². The van der Waals surface area contributed by atoms with E-state index in [1.807, 2.05) is 18.4 Å². The zero-order chi connectivity index (χ0) is 13.9. The summed E-state index contributed by atoms with van der Waals surface area (Å²) < 4.78 is 5.49. The molecule has 0 fully saturated rings. The van der Waals surface area contributed by atoms with E-state index in [9.17, 15) is 4.79 Å². The lowest BCUT2D eigenvalue weighted by Gasteiger charge is -2.03. The molecule has 1 aromatic carbocycles. The van der Waals surface area contributed by atoms with Gasteiger partial charge in [0.15, 0.2) is 0 Å². The van der Waals surface area contributed by atoms with Gasteiger partial charge in [-0.2, -0.15) is 0 Å². The predicted octanol–water partition coefficient (Wildman–Crippen LogP) is 3.13. The molecule has 0 saturated heterocycles. The molecule has 1 aliphatic heterocycles. The van der Waals surface area contributed by atoms with Gasteiger partial charge in [0.25, 0.3) is 0 Å². The lowest BCUT2D eigenvalue weighted by atomic mass is 10.0. The first-order valence-electron chi connectivity index (χ1n) is 6.88. The molecule has 1 aromatic heterocycles. The number of benzene rings is 1. The Hall–Kier alpha value is -1.68. The molecule has 0 unspecified atom stereocenters. The van der Waals surface area contributed by atoms with Crippen LogP contribution in [-0.2, 0) is 24.1 Å². The van der Waals surface area contributed by atoms with E-state index in [1.165, 1.54) is 11.1 Å². The summed E-state index contributed by atoms with van der Waals surface area (Å²) >= 11 is 1.60. The van der Waals surface area contributed by atoms with Gasteiger partial charge in [0, 0.05) is 24.6 Å². The molecule has 1 aliphatic rings. The average Bonchev–Trinajstić information content (AvgIpc) is 3.04. The number of nitrogens with zero attached hydrogens (tertiary/aromatic N) is 1. The van der Waals surface area contributed by atoms with Crippen molar-refractivity contribution in [3.8, 4) is 5.75 Å². The fourth-order valence-corrected chi connectivity index (χ4v) is 3.07. The molecule has 0 atom stereocenters. The Balaban J connectivity index is 1.55. The topological polar surface area (TPSA) is 39.2 Å². The van der Waals surface area contributed by atoms with Crippen LogP contribution >= 0.6 is 11.3 Å². The third-order valence-electron chi connectivity index (χ3n) is 3.49. The van der Waals surface area contributed by atoms with Gasteiger partial charge < -0.3 is 4.74 Å². The smallest absolute Gasteiger partial charge is 0.139 e. The molecular weight excluding hydrogens is 270 g/mol. The Labute approximate surface area is 122 Å². The van der Waals surface area contributed by atoms with Crippen LogP contribution < -0.4 is 4.74 Å². The molecule has 0 saturated carbocycles. The van der Waals surface area contributed by atoms with E-state index in [4.69, 9.17) is 4.74 Å². The van der Waals surface area contributed by atoms with Crippen molar-refractivity contribution in [3.63, 3.8) is 0 Å². The maximum absolute atomic E-state index is 12.0. The highest BCUT2D eigenvalue weighted by atomic mass is 32.1. The van der Waals surface area contributed by atoms with Crippen LogP contribution in [0.4, 0.5) is 0 Å². The predicted molar refractivity (Wildman–Crippen MR) is 79.5 cm³/mol. The van der Waals surface area contributed by atoms with Crippen LogP contribution in [0.15, 0.2) is 23.6 Å². The maximum Gasteiger partial charge on any atom is 0.139 e. The second-order valence-electron chi connectivity index (χ2n) is 5.11. The van der Waals surface area contributed by atoms with E-state index in [0.29, 0.717) is 12.8 Å². The molecule has 3 rings (SSSR count). The maximum atomic E-state index is 12.0. The molecular formula is C16H17NO2S. The van der Waals surface area contributed by atoms with Crippen LogP contribution in [0.2, 0.25) is 0 Å². The van der Waals surface area contributed by atoms with Gasteiger partial charge in [-0.25, -0.2) is 4.98 Å². The quantitative estimate of drug-likeness (QED) is 0.848. The third-order valence-corrected chi connectivity index (χ3v) is 4.31. The number of ether oxygens (including phenoxy) is 1. The minimum absolute atomic E-state index is 0.257. The molecule has 0 radical (unpaired) electrons. The summed E-state index contributed by atoms with van der Waals surface area (Å²) in [5.74, 6) is 1.25. The van der Waals surface area contributed by atoms with E-state index < -0.39 is 0 Å². The minimum Gasteiger partial charge on any atom is -0.493 e. The molecule has 3 nitrogen and oxygen atoms in total. The van der Waals surface area contributed by atoms with Crippen molar-refractivity contribution in [1.82, 2.24) is 4.98 Å². The van der Waals surface area contributed by atoms with Gasteiger partial charge >= 0.3 is 0 Å². The van der Waals surface area contributed by atoms with Crippen molar-refractivity contribution >= 4 is 17.1 Å². The SMILES string of the molecule is Cc1nc(CC(=O)CCc2ccc3c(c2)CCO3)cs1. The van der Waals surface area contributed by atoms with Gasteiger partial charge in [0.1, 0.15) is 11.5 Å². The summed E-state index contributed by atoms with van der Waals surface area (Å²) in [5.41, 5.74) is 3.39. The van der Waals surface area contributed by atoms with E-state index in [0.717, 1.165) is 35.9 Å². The van der Waals surface area contributed by atoms with E-state index in [-0.39, 0.29) is 5.78 Å². The van der Waals surface area contributed by atoms with Gasteiger partial charge in [0.2, 0.25) is 0 Å². The molecule has 104 valence electrons. The largest absolute Gasteiger partial charge is 0.493 e. The van der Waals surface area contributed by atoms with Crippen LogP contribution in [0, 0.1) is 6.92 Å². The Kier molecular flexibility index (Phi) is 3.83. The molecule has 0 N–H and O–H groups in total. The molecule has 2 heterocycles. The highest BCUT2D eigenvalue weighted by Gasteiger charge is 2.13. The molecule has 20 heavy (non-hydrogen) atoms. The third kappa shape index (κ3) is 3.07. The minimum atomic E-state index is 0.257. The fraction of sp³-hybridized carbons (Fsp3) is 0.375. The molecule has 0 spiro atoms. The zero-order valence-corrected chi connectivity index (χ0v) is 12.3. The summed E-state index contributed by atoms with van der Waals surface area (Å²) in [6.07, 6.45) is 2.82. The second-order valence-corrected chi connectivity index (χ2v) is 6.18. The van der Waals surface area contributed by atoms with Gasteiger partial charge in [0.05, 0.1) is 17.3 Å². The Morgan fingerprint density at radius 1 is 1.45 bits per heavy atom. The van der Waals surface area contributed by atoms with Crippen molar-refractivity contribution in [2.45, 2.75) is 32.6 Å². The Bertz CT molecular complexity index is 633. The number of Topliss-reactive ketones (excluding diaryl/α,β-unsaturated/α-hetero) is 1. The summed E-state index contributed by atoms with van der Waals surface area (Å²) in [4.78, 5) is 16.3. The first-order chi connectivity index (χ1) is 9.70. The van der Waals surface area contributed by atoms with Crippen LogP contribution in [0.1, 0.15) is 28.2 Å². The lowest BCUT2D eigenvalue weighted by molar-refractivity contribution is -0.118. The molecule has 0 aliphatic carbocycles. The lowest BCUT2D eigenvalue weighted by Crippen LogP contribution is -2.04.